The van der Waals surface area contributed by atoms with E-state index in [9.17, 15) is 19.5 Å². The second kappa shape index (κ2) is 7.19. The summed E-state index contributed by atoms with van der Waals surface area (Å²) in [6.07, 6.45) is 2.55. The van der Waals surface area contributed by atoms with Crippen molar-refractivity contribution < 1.29 is 29.0 Å². The van der Waals surface area contributed by atoms with Crippen molar-refractivity contribution in [3.63, 3.8) is 0 Å². The number of esters is 1. The van der Waals surface area contributed by atoms with Gasteiger partial charge in [-0.1, -0.05) is 26.7 Å². The number of rotatable bonds is 4. The van der Waals surface area contributed by atoms with Gasteiger partial charge in [-0.05, 0) is 25.2 Å². The fourth-order valence-electron chi connectivity index (χ4n) is 3.56. The van der Waals surface area contributed by atoms with Gasteiger partial charge in [-0.3, -0.25) is 9.69 Å². The van der Waals surface area contributed by atoms with Crippen LogP contribution in [0, 0.1) is 11.8 Å². The Morgan fingerprint density at radius 1 is 1.13 bits per heavy atom. The van der Waals surface area contributed by atoms with E-state index in [4.69, 9.17) is 9.47 Å². The molecule has 1 aliphatic heterocycles. The van der Waals surface area contributed by atoms with E-state index in [1.807, 2.05) is 0 Å². The first-order valence-corrected chi connectivity index (χ1v) is 8.20. The third kappa shape index (κ3) is 3.95. The Labute approximate surface area is 135 Å². The van der Waals surface area contributed by atoms with E-state index in [1.54, 1.807) is 13.8 Å². The molecule has 0 aromatic carbocycles. The van der Waals surface area contributed by atoms with Gasteiger partial charge in [0.05, 0.1) is 0 Å². The van der Waals surface area contributed by atoms with Crippen molar-refractivity contribution in [3.05, 3.63) is 0 Å². The quantitative estimate of drug-likeness (QED) is 0.629. The summed E-state index contributed by atoms with van der Waals surface area (Å²) in [6, 6.07) is -0.955. The fourth-order valence-corrected chi connectivity index (χ4v) is 3.56. The van der Waals surface area contributed by atoms with E-state index in [0.29, 0.717) is 6.42 Å². The maximum absolute atomic E-state index is 12.6. The van der Waals surface area contributed by atoms with Crippen molar-refractivity contribution in [3.8, 4) is 0 Å². The van der Waals surface area contributed by atoms with E-state index in [-0.39, 0.29) is 17.9 Å². The van der Waals surface area contributed by atoms with Crippen molar-refractivity contribution in [1.29, 1.82) is 0 Å². The first-order chi connectivity index (χ1) is 10.8. The van der Waals surface area contributed by atoms with Crippen LogP contribution in [0.5, 0.6) is 0 Å². The zero-order valence-corrected chi connectivity index (χ0v) is 13.9. The molecule has 1 amide bonds. The van der Waals surface area contributed by atoms with Crippen molar-refractivity contribution >= 4 is 18.0 Å². The first kappa shape index (κ1) is 17.6. The number of hydrogen-bond acceptors (Lipinski definition) is 5. The topological polar surface area (TPSA) is 93.1 Å². The molecule has 2 rings (SSSR count). The molecule has 23 heavy (non-hydrogen) atoms. The molecule has 0 radical (unpaired) electrons. The molecule has 1 saturated heterocycles. The van der Waals surface area contributed by atoms with Crippen LogP contribution in [0.25, 0.3) is 0 Å². The van der Waals surface area contributed by atoms with Gasteiger partial charge in [0.1, 0.15) is 6.04 Å². The van der Waals surface area contributed by atoms with Crippen molar-refractivity contribution in [2.24, 2.45) is 11.8 Å². The largest absolute Gasteiger partial charge is 0.480 e. The lowest BCUT2D eigenvalue weighted by molar-refractivity contribution is -0.175. The lowest BCUT2D eigenvalue weighted by atomic mass is 9.85. The maximum atomic E-state index is 12.6. The number of amides is 1. The van der Waals surface area contributed by atoms with Crippen LogP contribution in [-0.4, -0.2) is 46.4 Å². The molecule has 2 fully saturated rings. The molecule has 1 saturated carbocycles. The maximum Gasteiger partial charge on any atom is 0.413 e. The summed E-state index contributed by atoms with van der Waals surface area (Å²) in [5.74, 6) is -1.55. The Morgan fingerprint density at radius 2 is 1.78 bits per heavy atom. The molecule has 0 aromatic rings. The van der Waals surface area contributed by atoms with Crippen LogP contribution in [0.2, 0.25) is 0 Å². The molecule has 0 aromatic heterocycles. The number of fused-ring (bicyclic) bond motifs is 1. The SMILES string of the molecule is CC(=O)O[C@H](OC(=O)N1[C@H](C(=O)O)C[C@@H]2CCCC[C@@H]21)C(C)C. The Morgan fingerprint density at radius 3 is 2.35 bits per heavy atom. The standard InChI is InChI=1S/C16H25NO6/c1-9(2)15(22-10(3)18)23-16(21)17-12-7-5-4-6-11(12)8-13(17)14(19)20/h9,11-13,15H,4-8H2,1-3H3,(H,19,20)/t11-,12-,13-,15+/m0/s1. The van der Waals surface area contributed by atoms with Gasteiger partial charge in [-0.15, -0.1) is 0 Å². The zero-order chi connectivity index (χ0) is 17.1. The molecule has 1 heterocycles. The van der Waals surface area contributed by atoms with Gasteiger partial charge in [0.2, 0.25) is 0 Å². The molecule has 1 N–H and O–H groups in total. The van der Waals surface area contributed by atoms with Gasteiger partial charge in [-0.25, -0.2) is 9.59 Å². The molecular formula is C16H25NO6. The Balaban J connectivity index is 2.13. The summed E-state index contributed by atoms with van der Waals surface area (Å²) in [5.41, 5.74) is 0. The summed E-state index contributed by atoms with van der Waals surface area (Å²) in [4.78, 5) is 36.6. The molecule has 130 valence electrons. The van der Waals surface area contributed by atoms with E-state index >= 15 is 0 Å². The van der Waals surface area contributed by atoms with Crippen LogP contribution in [0.3, 0.4) is 0 Å². The number of nitrogens with zero attached hydrogens (tertiary/aromatic N) is 1. The summed E-state index contributed by atoms with van der Waals surface area (Å²) in [7, 11) is 0. The average Bonchev–Trinajstić information content (AvgIpc) is 2.85. The van der Waals surface area contributed by atoms with Gasteiger partial charge in [-0.2, -0.15) is 0 Å². The number of carboxylic acid groups (broad SMARTS) is 1. The average molecular weight is 327 g/mol. The van der Waals surface area contributed by atoms with Crippen LogP contribution in [0.15, 0.2) is 0 Å². The van der Waals surface area contributed by atoms with E-state index in [0.717, 1.165) is 25.7 Å². The molecule has 0 spiro atoms. The van der Waals surface area contributed by atoms with E-state index in [2.05, 4.69) is 0 Å². The van der Waals surface area contributed by atoms with Crippen LogP contribution < -0.4 is 0 Å². The highest BCUT2D eigenvalue weighted by Gasteiger charge is 2.49. The smallest absolute Gasteiger partial charge is 0.413 e. The second-order valence-corrected chi connectivity index (χ2v) is 6.71. The minimum atomic E-state index is -1.01. The Kier molecular flexibility index (Phi) is 5.49. The van der Waals surface area contributed by atoms with E-state index in [1.165, 1.54) is 11.8 Å². The number of carboxylic acids is 1. The zero-order valence-electron chi connectivity index (χ0n) is 13.9. The number of ether oxygens (including phenoxy) is 2. The Bertz CT molecular complexity index is 477. The molecule has 1 aliphatic carbocycles. The van der Waals surface area contributed by atoms with Crippen LogP contribution in [0.1, 0.15) is 52.9 Å². The van der Waals surface area contributed by atoms with Crippen LogP contribution in [-0.2, 0) is 19.1 Å². The first-order valence-electron chi connectivity index (χ1n) is 8.20. The highest BCUT2D eigenvalue weighted by molar-refractivity contribution is 5.81. The molecule has 0 unspecified atom stereocenters. The summed E-state index contributed by atoms with van der Waals surface area (Å²) < 4.78 is 10.3. The second-order valence-electron chi connectivity index (χ2n) is 6.71. The van der Waals surface area contributed by atoms with Crippen molar-refractivity contribution in [2.45, 2.75) is 71.2 Å². The normalized spacial score (nSPS) is 28.2. The highest BCUT2D eigenvalue weighted by Crippen LogP contribution is 2.40. The molecule has 2 aliphatic rings. The Hall–Kier alpha value is -1.79. The minimum Gasteiger partial charge on any atom is -0.480 e. The van der Waals surface area contributed by atoms with E-state index < -0.39 is 30.4 Å². The van der Waals surface area contributed by atoms with Crippen LogP contribution >= 0.6 is 0 Å². The molecular weight excluding hydrogens is 302 g/mol. The lowest BCUT2D eigenvalue weighted by Crippen LogP contribution is -2.48. The third-order valence-corrected chi connectivity index (χ3v) is 4.63. The van der Waals surface area contributed by atoms with Crippen molar-refractivity contribution in [1.82, 2.24) is 4.90 Å². The number of aliphatic carboxylic acids is 1. The number of likely N-dealkylation sites (tertiary alicyclic amines) is 1. The molecule has 7 heteroatoms. The predicted molar refractivity (Wildman–Crippen MR) is 80.5 cm³/mol. The van der Waals surface area contributed by atoms with Gasteiger partial charge in [0, 0.05) is 18.9 Å². The van der Waals surface area contributed by atoms with Crippen LogP contribution in [0.4, 0.5) is 4.79 Å². The highest BCUT2D eigenvalue weighted by atomic mass is 16.7. The fraction of sp³-hybridized carbons (Fsp3) is 0.812. The van der Waals surface area contributed by atoms with Gasteiger partial charge < -0.3 is 14.6 Å². The summed E-state index contributed by atoms with van der Waals surface area (Å²) in [6.45, 7) is 4.78. The third-order valence-electron chi connectivity index (χ3n) is 4.63. The monoisotopic (exact) mass is 327 g/mol. The molecule has 0 bridgehead atoms. The number of hydrogen-bond donors (Lipinski definition) is 1. The van der Waals surface area contributed by atoms with Gasteiger partial charge in [0.15, 0.2) is 0 Å². The van der Waals surface area contributed by atoms with Gasteiger partial charge in [0.25, 0.3) is 6.29 Å². The minimum absolute atomic E-state index is 0.0949. The number of carbonyl (C=O) groups excluding carboxylic acids is 2. The number of carbonyl (C=O) groups is 3. The van der Waals surface area contributed by atoms with Crippen molar-refractivity contribution in [2.75, 3.05) is 0 Å². The molecule has 4 atom stereocenters. The lowest BCUT2D eigenvalue weighted by Gasteiger charge is -2.33. The predicted octanol–water partition coefficient (Wildman–Crippen LogP) is 2.39. The van der Waals surface area contributed by atoms with Gasteiger partial charge >= 0.3 is 18.0 Å². The summed E-state index contributed by atoms with van der Waals surface area (Å²) in [5, 5.41) is 9.43. The molecule has 7 nitrogen and oxygen atoms in total. The summed E-state index contributed by atoms with van der Waals surface area (Å²) >= 11 is 0.